The Kier molecular flexibility index (Phi) is 6.08. The van der Waals surface area contributed by atoms with Gasteiger partial charge in [0, 0.05) is 23.8 Å². The van der Waals surface area contributed by atoms with Crippen LogP contribution in [0, 0.1) is 17.8 Å². The van der Waals surface area contributed by atoms with Crippen molar-refractivity contribution >= 4 is 11.8 Å². The molecule has 0 amide bonds. The number of fused-ring (bicyclic) bond motifs is 2. The third-order valence-corrected chi connectivity index (χ3v) is 6.90. The lowest BCUT2D eigenvalue weighted by molar-refractivity contribution is -0.299. The molecule has 0 unspecified atom stereocenters. The molecule has 0 radical (unpaired) electrons. The summed E-state index contributed by atoms with van der Waals surface area (Å²) in [5, 5.41) is 50.5. The van der Waals surface area contributed by atoms with E-state index in [1.54, 1.807) is 13.8 Å². The van der Waals surface area contributed by atoms with E-state index in [4.69, 9.17) is 14.2 Å². The molecule has 2 aliphatic carbocycles. The Bertz CT molecular complexity index is 817. The summed E-state index contributed by atoms with van der Waals surface area (Å²) >= 11 is 0. The summed E-state index contributed by atoms with van der Waals surface area (Å²) < 4.78 is 16.4. The fraction of sp³-hybridized carbons (Fsp3) is 0.714. The first-order valence-electron chi connectivity index (χ1n) is 10.4. The highest BCUT2D eigenvalue weighted by atomic mass is 16.7. The number of esters is 1. The number of ether oxygens (including phenoxy) is 3. The number of aliphatic hydroxyl groups excluding tert-OH is 5. The van der Waals surface area contributed by atoms with E-state index in [-0.39, 0.29) is 18.4 Å². The first-order valence-corrected chi connectivity index (χ1v) is 10.4. The van der Waals surface area contributed by atoms with Gasteiger partial charge in [-0.05, 0) is 18.6 Å². The minimum absolute atomic E-state index is 0.201. The summed E-state index contributed by atoms with van der Waals surface area (Å²) in [7, 11) is 0. The number of ketones is 1. The molecule has 2 fully saturated rings. The molecule has 2 heterocycles. The maximum atomic E-state index is 12.7. The van der Waals surface area contributed by atoms with E-state index < -0.39 is 67.3 Å². The van der Waals surface area contributed by atoms with E-state index in [0.29, 0.717) is 17.6 Å². The van der Waals surface area contributed by atoms with Gasteiger partial charge < -0.3 is 39.7 Å². The molecule has 10 atom stereocenters. The SMILES string of the molecule is CC1=C2C(=O)C=C(CO[C@@H]3O[C@H](CO)[C@@H](O)[C@H](O)[C@H]3O)[C@@H]2[C@@H](O)[C@@H]2[C@H](C1)OC(=O)[C@H]2C. The van der Waals surface area contributed by atoms with Crippen LogP contribution in [-0.4, -0.2) is 93.4 Å². The predicted molar refractivity (Wildman–Crippen MR) is 102 cm³/mol. The molecule has 0 aromatic heterocycles. The number of aliphatic hydroxyl groups is 5. The normalized spacial score (nSPS) is 45.2. The lowest BCUT2D eigenvalue weighted by Gasteiger charge is -2.39. The van der Waals surface area contributed by atoms with Crippen molar-refractivity contribution in [2.24, 2.45) is 17.8 Å². The number of carbonyl (C=O) groups is 2. The monoisotopic (exact) mass is 440 g/mol. The van der Waals surface area contributed by atoms with Gasteiger partial charge in [0.15, 0.2) is 12.1 Å². The molecule has 31 heavy (non-hydrogen) atoms. The topological polar surface area (TPSA) is 163 Å². The zero-order valence-corrected chi connectivity index (χ0v) is 17.2. The maximum absolute atomic E-state index is 12.7. The van der Waals surface area contributed by atoms with E-state index in [2.05, 4.69) is 0 Å². The van der Waals surface area contributed by atoms with Crippen LogP contribution in [-0.2, 0) is 23.8 Å². The lowest BCUT2D eigenvalue weighted by Crippen LogP contribution is -2.59. The van der Waals surface area contributed by atoms with E-state index in [1.165, 1.54) is 6.08 Å². The van der Waals surface area contributed by atoms with Crippen LogP contribution in [0.15, 0.2) is 22.8 Å². The Morgan fingerprint density at radius 2 is 1.81 bits per heavy atom. The molecular weight excluding hydrogens is 412 g/mol. The van der Waals surface area contributed by atoms with E-state index in [0.717, 1.165) is 5.57 Å². The highest BCUT2D eigenvalue weighted by Crippen LogP contribution is 2.47. The minimum Gasteiger partial charge on any atom is -0.461 e. The molecule has 10 nitrogen and oxygen atoms in total. The molecule has 4 rings (SSSR count). The van der Waals surface area contributed by atoms with Gasteiger partial charge in [0.05, 0.1) is 25.2 Å². The van der Waals surface area contributed by atoms with Crippen molar-refractivity contribution in [1.82, 2.24) is 0 Å². The maximum Gasteiger partial charge on any atom is 0.309 e. The molecule has 5 N–H and O–H groups in total. The van der Waals surface area contributed by atoms with Gasteiger partial charge in [-0.15, -0.1) is 0 Å². The summed E-state index contributed by atoms with van der Waals surface area (Å²) in [6, 6.07) is 0. The quantitative estimate of drug-likeness (QED) is 0.315. The van der Waals surface area contributed by atoms with Crippen LogP contribution in [0.25, 0.3) is 0 Å². The second kappa shape index (κ2) is 8.36. The summed E-state index contributed by atoms with van der Waals surface area (Å²) in [6.45, 7) is 2.68. The molecule has 0 bridgehead atoms. The van der Waals surface area contributed by atoms with E-state index in [1.807, 2.05) is 0 Å². The van der Waals surface area contributed by atoms with Gasteiger partial charge in [-0.3, -0.25) is 9.59 Å². The number of hydrogen-bond acceptors (Lipinski definition) is 10. The van der Waals surface area contributed by atoms with Crippen molar-refractivity contribution in [3.8, 4) is 0 Å². The van der Waals surface area contributed by atoms with Crippen molar-refractivity contribution in [3.63, 3.8) is 0 Å². The third kappa shape index (κ3) is 3.66. The van der Waals surface area contributed by atoms with Crippen LogP contribution in [0.3, 0.4) is 0 Å². The van der Waals surface area contributed by atoms with Crippen molar-refractivity contribution in [1.29, 1.82) is 0 Å². The van der Waals surface area contributed by atoms with E-state index >= 15 is 0 Å². The fourth-order valence-electron chi connectivity index (χ4n) is 5.20. The van der Waals surface area contributed by atoms with Gasteiger partial charge in [0.2, 0.25) is 0 Å². The number of carbonyl (C=O) groups excluding carboxylic acids is 2. The fourth-order valence-corrected chi connectivity index (χ4v) is 5.20. The van der Waals surface area contributed by atoms with Crippen molar-refractivity contribution in [2.75, 3.05) is 13.2 Å². The highest BCUT2D eigenvalue weighted by molar-refractivity contribution is 6.09. The lowest BCUT2D eigenvalue weighted by atomic mass is 9.79. The zero-order valence-electron chi connectivity index (χ0n) is 17.2. The second-order valence-corrected chi connectivity index (χ2v) is 8.80. The average molecular weight is 440 g/mol. The van der Waals surface area contributed by atoms with Crippen LogP contribution in [0.4, 0.5) is 0 Å². The Labute approximate surface area is 178 Å². The Balaban J connectivity index is 1.54. The molecule has 0 aromatic carbocycles. The predicted octanol–water partition coefficient (Wildman–Crippen LogP) is -1.81. The van der Waals surface area contributed by atoms with Gasteiger partial charge in [-0.25, -0.2) is 0 Å². The van der Waals surface area contributed by atoms with Crippen LogP contribution < -0.4 is 0 Å². The van der Waals surface area contributed by atoms with Gasteiger partial charge in [-0.2, -0.15) is 0 Å². The summed E-state index contributed by atoms with van der Waals surface area (Å²) in [5.74, 6) is -2.32. The molecule has 10 heteroatoms. The van der Waals surface area contributed by atoms with Gasteiger partial charge in [0.1, 0.15) is 30.5 Å². The first kappa shape index (κ1) is 22.5. The minimum atomic E-state index is -1.58. The third-order valence-electron chi connectivity index (χ3n) is 6.90. The summed E-state index contributed by atoms with van der Waals surface area (Å²) in [6.07, 6.45) is -6.95. The molecule has 4 aliphatic rings. The van der Waals surface area contributed by atoms with Gasteiger partial charge in [-0.1, -0.05) is 12.5 Å². The molecular formula is C21H28O10. The van der Waals surface area contributed by atoms with Gasteiger partial charge >= 0.3 is 5.97 Å². The van der Waals surface area contributed by atoms with E-state index in [9.17, 15) is 35.1 Å². The Hall–Kier alpha value is -1.66. The second-order valence-electron chi connectivity index (χ2n) is 8.80. The highest BCUT2D eigenvalue weighted by Gasteiger charge is 2.53. The molecule has 0 aromatic rings. The number of allylic oxidation sites excluding steroid dienone is 1. The molecule has 2 saturated heterocycles. The average Bonchev–Trinajstić information content (AvgIpc) is 3.17. The molecule has 0 saturated carbocycles. The Morgan fingerprint density at radius 1 is 1.10 bits per heavy atom. The molecule has 2 aliphatic heterocycles. The molecule has 0 spiro atoms. The standard InChI is InChI=1S/C21H28O10/c1-7-3-11-14(8(2)20(28)30-11)17(25)15-9(4-10(23)13(7)15)6-29-21-19(27)18(26)16(24)12(5-22)31-21/h4,8,11-12,14-19,21-22,24-27H,3,5-6H2,1-2H3/t8-,11-,12+,14-,15-,16+,17-,18-,19+,21+/m0/s1. The van der Waals surface area contributed by atoms with Crippen LogP contribution in [0.1, 0.15) is 20.3 Å². The summed E-state index contributed by atoms with van der Waals surface area (Å²) in [5.41, 5.74) is 1.65. The first-order chi connectivity index (χ1) is 14.6. The van der Waals surface area contributed by atoms with Crippen molar-refractivity contribution < 1.29 is 49.3 Å². The van der Waals surface area contributed by atoms with Crippen LogP contribution in [0.5, 0.6) is 0 Å². The van der Waals surface area contributed by atoms with Gasteiger partial charge in [0.25, 0.3) is 0 Å². The number of hydrogen-bond donors (Lipinski definition) is 5. The van der Waals surface area contributed by atoms with Crippen molar-refractivity contribution in [3.05, 3.63) is 22.8 Å². The summed E-state index contributed by atoms with van der Waals surface area (Å²) in [4.78, 5) is 24.8. The smallest absolute Gasteiger partial charge is 0.309 e. The largest absolute Gasteiger partial charge is 0.461 e. The van der Waals surface area contributed by atoms with Crippen LogP contribution in [0.2, 0.25) is 0 Å². The van der Waals surface area contributed by atoms with Crippen LogP contribution >= 0.6 is 0 Å². The van der Waals surface area contributed by atoms with Crippen molar-refractivity contribution in [2.45, 2.75) is 63.2 Å². The Morgan fingerprint density at radius 3 is 2.48 bits per heavy atom. The number of rotatable bonds is 4. The molecule has 172 valence electrons. The zero-order chi connectivity index (χ0) is 22.6.